The molecule has 162 valence electrons. The normalized spacial score (nSPS) is 14.5. The minimum Gasteiger partial charge on any atom is -0.369 e. The van der Waals surface area contributed by atoms with E-state index in [1.54, 1.807) is 12.1 Å². The van der Waals surface area contributed by atoms with E-state index in [9.17, 15) is 4.79 Å². The number of nitrogens with one attached hydrogen (secondary N) is 1. The first-order chi connectivity index (χ1) is 15.2. The van der Waals surface area contributed by atoms with Gasteiger partial charge in [-0.3, -0.25) is 9.69 Å². The van der Waals surface area contributed by atoms with Crippen LogP contribution in [0, 0.1) is 6.92 Å². The third-order valence-electron chi connectivity index (χ3n) is 5.65. The molecule has 0 saturated carbocycles. The molecule has 1 fully saturated rings. The number of anilines is 1. The standard InChI is InChI=1S/C23H29N7O/c1-19-6-4-8-21(16-19)29-14-12-28(13-15-29)11-3-2-10-24-23(31)20-7-5-9-22(17-20)30-18-25-26-27-30/h4-9,16-18H,2-3,10-15H2,1H3,(H,24,31). The molecule has 0 radical (unpaired) electrons. The summed E-state index contributed by atoms with van der Waals surface area (Å²) in [7, 11) is 0. The van der Waals surface area contributed by atoms with Gasteiger partial charge >= 0.3 is 0 Å². The maximum absolute atomic E-state index is 12.4. The van der Waals surface area contributed by atoms with Crippen LogP contribution in [0.5, 0.6) is 0 Å². The van der Waals surface area contributed by atoms with Crippen molar-refractivity contribution in [1.82, 2.24) is 30.4 Å². The van der Waals surface area contributed by atoms with Gasteiger partial charge in [-0.15, -0.1) is 5.10 Å². The van der Waals surface area contributed by atoms with Gasteiger partial charge in [0.2, 0.25) is 0 Å². The van der Waals surface area contributed by atoms with Gasteiger partial charge in [0, 0.05) is 44.0 Å². The number of hydrogen-bond acceptors (Lipinski definition) is 6. The number of aromatic nitrogens is 4. The highest BCUT2D eigenvalue weighted by molar-refractivity contribution is 5.94. The minimum absolute atomic E-state index is 0.0679. The second-order valence-electron chi connectivity index (χ2n) is 7.94. The van der Waals surface area contributed by atoms with Crippen molar-refractivity contribution in [2.45, 2.75) is 19.8 Å². The van der Waals surface area contributed by atoms with E-state index in [-0.39, 0.29) is 5.91 Å². The smallest absolute Gasteiger partial charge is 0.251 e. The first-order valence-electron chi connectivity index (χ1n) is 10.8. The fourth-order valence-electron chi connectivity index (χ4n) is 3.89. The summed E-state index contributed by atoms with van der Waals surface area (Å²) < 4.78 is 1.54. The Morgan fingerprint density at radius 1 is 1.00 bits per heavy atom. The second-order valence-corrected chi connectivity index (χ2v) is 7.94. The molecule has 1 N–H and O–H groups in total. The zero-order chi connectivity index (χ0) is 21.5. The van der Waals surface area contributed by atoms with Crippen LogP contribution in [0.4, 0.5) is 5.69 Å². The lowest BCUT2D eigenvalue weighted by atomic mass is 10.1. The highest BCUT2D eigenvalue weighted by atomic mass is 16.1. The van der Waals surface area contributed by atoms with E-state index >= 15 is 0 Å². The Balaban J connectivity index is 1.14. The van der Waals surface area contributed by atoms with Crippen molar-refractivity contribution >= 4 is 11.6 Å². The number of tetrazole rings is 1. The largest absolute Gasteiger partial charge is 0.369 e. The predicted molar refractivity (Wildman–Crippen MR) is 121 cm³/mol. The van der Waals surface area contributed by atoms with Crippen LogP contribution in [0.3, 0.4) is 0 Å². The van der Waals surface area contributed by atoms with Crippen LogP contribution in [0.15, 0.2) is 54.9 Å². The quantitative estimate of drug-likeness (QED) is 0.565. The van der Waals surface area contributed by atoms with Gasteiger partial charge in [0.05, 0.1) is 5.69 Å². The molecule has 0 bridgehead atoms. The molecule has 2 aromatic carbocycles. The number of nitrogens with zero attached hydrogens (tertiary/aromatic N) is 6. The summed E-state index contributed by atoms with van der Waals surface area (Å²) in [4.78, 5) is 17.4. The zero-order valence-electron chi connectivity index (χ0n) is 17.9. The SMILES string of the molecule is Cc1cccc(N2CCN(CCCCNC(=O)c3cccc(-n4cnnn4)c3)CC2)c1. The maximum Gasteiger partial charge on any atom is 0.251 e. The number of unbranched alkanes of at least 4 members (excludes halogenated alkanes) is 1. The maximum atomic E-state index is 12.4. The Labute approximate surface area is 182 Å². The third kappa shape index (κ3) is 5.67. The Hall–Kier alpha value is -3.26. The van der Waals surface area contributed by atoms with Gasteiger partial charge in [0.15, 0.2) is 0 Å². The van der Waals surface area contributed by atoms with E-state index in [4.69, 9.17) is 0 Å². The summed E-state index contributed by atoms with van der Waals surface area (Å²) in [5, 5.41) is 14.1. The van der Waals surface area contributed by atoms with E-state index < -0.39 is 0 Å². The molecule has 1 amide bonds. The Kier molecular flexibility index (Phi) is 6.89. The number of benzene rings is 2. The zero-order valence-corrected chi connectivity index (χ0v) is 17.9. The molecule has 3 aromatic rings. The Morgan fingerprint density at radius 2 is 1.81 bits per heavy atom. The summed E-state index contributed by atoms with van der Waals surface area (Å²) in [5.41, 5.74) is 4.01. The molecule has 4 rings (SSSR count). The number of amides is 1. The molecule has 0 unspecified atom stereocenters. The fraction of sp³-hybridized carbons (Fsp3) is 0.391. The van der Waals surface area contributed by atoms with E-state index in [1.165, 1.54) is 22.3 Å². The minimum atomic E-state index is -0.0679. The lowest BCUT2D eigenvalue weighted by Crippen LogP contribution is -2.46. The molecule has 31 heavy (non-hydrogen) atoms. The number of carbonyl (C=O) groups excluding carboxylic acids is 1. The number of hydrogen-bond donors (Lipinski definition) is 1. The number of piperazine rings is 1. The fourth-order valence-corrected chi connectivity index (χ4v) is 3.89. The molecule has 2 heterocycles. The molecule has 1 aromatic heterocycles. The first kappa shape index (κ1) is 21.0. The molecule has 0 aliphatic carbocycles. The summed E-state index contributed by atoms with van der Waals surface area (Å²) in [6.07, 6.45) is 3.56. The third-order valence-corrected chi connectivity index (χ3v) is 5.65. The van der Waals surface area contributed by atoms with Crippen molar-refractivity contribution < 1.29 is 4.79 Å². The van der Waals surface area contributed by atoms with E-state index in [1.807, 2.05) is 12.1 Å². The summed E-state index contributed by atoms with van der Waals surface area (Å²) in [6.45, 7) is 8.21. The van der Waals surface area contributed by atoms with Crippen LogP contribution in [0.25, 0.3) is 5.69 Å². The van der Waals surface area contributed by atoms with E-state index in [2.05, 4.69) is 61.8 Å². The van der Waals surface area contributed by atoms with Crippen molar-refractivity contribution in [3.8, 4) is 5.69 Å². The van der Waals surface area contributed by atoms with Gasteiger partial charge in [0.1, 0.15) is 6.33 Å². The van der Waals surface area contributed by atoms with Crippen LogP contribution < -0.4 is 10.2 Å². The van der Waals surface area contributed by atoms with Gasteiger partial charge in [-0.05, 0) is 72.6 Å². The topological polar surface area (TPSA) is 79.2 Å². The number of carbonyl (C=O) groups is 1. The van der Waals surface area contributed by atoms with Crippen molar-refractivity contribution in [2.24, 2.45) is 0 Å². The van der Waals surface area contributed by atoms with E-state index in [0.29, 0.717) is 12.1 Å². The van der Waals surface area contributed by atoms with Crippen LogP contribution in [-0.4, -0.2) is 70.3 Å². The Morgan fingerprint density at radius 3 is 2.58 bits per heavy atom. The van der Waals surface area contributed by atoms with Crippen LogP contribution in [-0.2, 0) is 0 Å². The van der Waals surface area contributed by atoms with Gasteiger partial charge in [0.25, 0.3) is 5.91 Å². The highest BCUT2D eigenvalue weighted by Crippen LogP contribution is 2.18. The highest BCUT2D eigenvalue weighted by Gasteiger charge is 2.16. The molecule has 0 spiro atoms. The summed E-state index contributed by atoms with van der Waals surface area (Å²) >= 11 is 0. The number of rotatable bonds is 8. The molecule has 1 saturated heterocycles. The Bertz CT molecular complexity index is 981. The van der Waals surface area contributed by atoms with Crippen LogP contribution in [0.1, 0.15) is 28.8 Å². The van der Waals surface area contributed by atoms with Crippen molar-refractivity contribution in [2.75, 3.05) is 44.2 Å². The number of aryl methyl sites for hydroxylation is 1. The monoisotopic (exact) mass is 419 g/mol. The van der Waals surface area contributed by atoms with Crippen LogP contribution in [0.2, 0.25) is 0 Å². The molecule has 1 aliphatic rings. The molecule has 8 nitrogen and oxygen atoms in total. The van der Waals surface area contributed by atoms with Crippen molar-refractivity contribution in [3.63, 3.8) is 0 Å². The molecule has 8 heteroatoms. The summed E-state index contributed by atoms with van der Waals surface area (Å²) in [6, 6.07) is 16.0. The molecular formula is C23H29N7O. The van der Waals surface area contributed by atoms with Gasteiger partial charge in [-0.25, -0.2) is 4.68 Å². The van der Waals surface area contributed by atoms with Crippen molar-refractivity contribution in [3.05, 3.63) is 66.0 Å². The first-order valence-corrected chi connectivity index (χ1v) is 10.8. The van der Waals surface area contributed by atoms with Gasteiger partial charge in [-0.1, -0.05) is 18.2 Å². The van der Waals surface area contributed by atoms with Gasteiger partial charge in [-0.2, -0.15) is 0 Å². The lowest BCUT2D eigenvalue weighted by Gasteiger charge is -2.36. The second kappa shape index (κ2) is 10.2. The molecule has 1 aliphatic heterocycles. The average Bonchev–Trinajstić information content (AvgIpc) is 3.34. The van der Waals surface area contributed by atoms with E-state index in [0.717, 1.165) is 51.3 Å². The lowest BCUT2D eigenvalue weighted by molar-refractivity contribution is 0.0952. The molecular weight excluding hydrogens is 390 g/mol. The average molecular weight is 420 g/mol. The van der Waals surface area contributed by atoms with Crippen molar-refractivity contribution in [1.29, 1.82) is 0 Å². The summed E-state index contributed by atoms with van der Waals surface area (Å²) in [5.74, 6) is -0.0679. The van der Waals surface area contributed by atoms with Gasteiger partial charge < -0.3 is 10.2 Å². The predicted octanol–water partition coefficient (Wildman–Crippen LogP) is 2.30. The molecule has 0 atom stereocenters. The van der Waals surface area contributed by atoms with Crippen LogP contribution >= 0.6 is 0 Å².